The molecule has 1 aliphatic rings. The van der Waals surface area contributed by atoms with E-state index in [0.717, 1.165) is 15.7 Å². The van der Waals surface area contributed by atoms with Crippen LogP contribution in [-0.2, 0) is 9.31 Å². The number of aromatic nitrogens is 1. The van der Waals surface area contributed by atoms with Gasteiger partial charge in [0, 0.05) is 0 Å². The highest BCUT2D eigenvalue weighted by molar-refractivity contribution is 7.22. The van der Waals surface area contributed by atoms with Crippen molar-refractivity contribution in [2.24, 2.45) is 0 Å². The predicted octanol–water partition coefficient (Wildman–Crippen LogP) is 3.25. The highest BCUT2D eigenvalue weighted by atomic mass is 35.5. The Balaban J connectivity index is 1.97. The molecule has 0 aliphatic carbocycles. The Bertz CT molecular complexity index is 625. The van der Waals surface area contributed by atoms with Crippen molar-refractivity contribution < 1.29 is 9.31 Å². The Morgan fingerprint density at radius 1 is 1.16 bits per heavy atom. The summed E-state index contributed by atoms with van der Waals surface area (Å²) in [4.78, 5) is 4.24. The molecule has 0 bridgehead atoms. The lowest BCUT2D eigenvalue weighted by Gasteiger charge is -2.32. The molecule has 6 heteroatoms. The number of rotatable bonds is 1. The van der Waals surface area contributed by atoms with Gasteiger partial charge in [-0.1, -0.05) is 17.7 Å². The average Bonchev–Trinajstić information content (AvgIpc) is 2.74. The summed E-state index contributed by atoms with van der Waals surface area (Å²) in [6.45, 7) is 8.20. The monoisotopic (exact) mass is 295 g/mol. The van der Waals surface area contributed by atoms with Crippen LogP contribution in [-0.4, -0.2) is 23.3 Å². The number of nitrogens with zero attached hydrogens (tertiary/aromatic N) is 1. The molecular formula is C13H15BClNO2S. The Labute approximate surface area is 122 Å². The van der Waals surface area contributed by atoms with Crippen LogP contribution in [0.15, 0.2) is 18.2 Å². The molecule has 0 spiro atoms. The molecule has 1 saturated heterocycles. The summed E-state index contributed by atoms with van der Waals surface area (Å²) in [6.07, 6.45) is 0. The van der Waals surface area contributed by atoms with Gasteiger partial charge in [0.15, 0.2) is 4.47 Å². The van der Waals surface area contributed by atoms with Gasteiger partial charge in [0.05, 0.1) is 21.4 Å². The Kier molecular flexibility index (Phi) is 2.95. The second-order valence-electron chi connectivity index (χ2n) is 5.78. The summed E-state index contributed by atoms with van der Waals surface area (Å²) >= 11 is 7.40. The molecule has 3 rings (SSSR count). The molecular weight excluding hydrogens is 280 g/mol. The van der Waals surface area contributed by atoms with Crippen molar-refractivity contribution in [2.45, 2.75) is 38.9 Å². The van der Waals surface area contributed by atoms with Gasteiger partial charge in [0.2, 0.25) is 0 Å². The van der Waals surface area contributed by atoms with Crippen LogP contribution in [0.3, 0.4) is 0 Å². The van der Waals surface area contributed by atoms with E-state index in [0.29, 0.717) is 4.47 Å². The SMILES string of the molecule is CC1(C)OB(c2ccc3nc(Cl)sc3c2)OC1(C)C. The second kappa shape index (κ2) is 4.19. The van der Waals surface area contributed by atoms with Crippen LogP contribution in [0.25, 0.3) is 10.2 Å². The Hall–Kier alpha value is -0.615. The number of fused-ring (bicyclic) bond motifs is 1. The van der Waals surface area contributed by atoms with Crippen LogP contribution in [0.1, 0.15) is 27.7 Å². The van der Waals surface area contributed by atoms with Crippen molar-refractivity contribution in [3.05, 3.63) is 22.7 Å². The Morgan fingerprint density at radius 3 is 2.42 bits per heavy atom. The maximum Gasteiger partial charge on any atom is 0.494 e. The third kappa shape index (κ3) is 2.19. The number of thiazole rings is 1. The second-order valence-corrected chi connectivity index (χ2v) is 7.40. The molecule has 0 unspecified atom stereocenters. The number of halogens is 1. The van der Waals surface area contributed by atoms with E-state index in [9.17, 15) is 0 Å². The summed E-state index contributed by atoms with van der Waals surface area (Å²) in [6, 6.07) is 5.99. The number of benzene rings is 1. The van der Waals surface area contributed by atoms with Crippen molar-refractivity contribution >= 4 is 45.7 Å². The first kappa shape index (κ1) is 13.4. The largest absolute Gasteiger partial charge is 0.494 e. The highest BCUT2D eigenvalue weighted by Crippen LogP contribution is 2.36. The third-order valence-electron chi connectivity index (χ3n) is 3.91. The van der Waals surface area contributed by atoms with Gasteiger partial charge < -0.3 is 9.31 Å². The molecule has 19 heavy (non-hydrogen) atoms. The third-order valence-corrected chi connectivity index (χ3v) is 5.03. The molecule has 0 atom stereocenters. The minimum absolute atomic E-state index is 0.321. The van der Waals surface area contributed by atoms with Gasteiger partial charge in [-0.05, 0) is 45.3 Å². The van der Waals surface area contributed by atoms with Gasteiger partial charge in [-0.15, -0.1) is 11.3 Å². The minimum Gasteiger partial charge on any atom is -0.399 e. The molecule has 1 fully saturated rings. The van der Waals surface area contributed by atoms with E-state index in [1.807, 2.05) is 18.2 Å². The first-order valence-electron chi connectivity index (χ1n) is 6.20. The molecule has 1 aliphatic heterocycles. The molecule has 1 aromatic carbocycles. The van der Waals surface area contributed by atoms with Gasteiger partial charge in [0.1, 0.15) is 0 Å². The van der Waals surface area contributed by atoms with E-state index in [4.69, 9.17) is 20.9 Å². The van der Waals surface area contributed by atoms with Crippen LogP contribution < -0.4 is 5.46 Å². The van der Waals surface area contributed by atoms with Crippen molar-refractivity contribution in [1.29, 1.82) is 0 Å². The fourth-order valence-electron chi connectivity index (χ4n) is 2.04. The smallest absolute Gasteiger partial charge is 0.399 e. The molecule has 0 amide bonds. The summed E-state index contributed by atoms with van der Waals surface area (Å²) in [5, 5.41) is 0. The van der Waals surface area contributed by atoms with E-state index < -0.39 is 0 Å². The molecule has 1 aromatic heterocycles. The zero-order valence-corrected chi connectivity index (χ0v) is 12.9. The molecule has 0 N–H and O–H groups in total. The lowest BCUT2D eigenvalue weighted by atomic mass is 9.79. The van der Waals surface area contributed by atoms with Gasteiger partial charge in [-0.25, -0.2) is 4.98 Å². The van der Waals surface area contributed by atoms with E-state index in [-0.39, 0.29) is 18.3 Å². The lowest BCUT2D eigenvalue weighted by molar-refractivity contribution is 0.00578. The lowest BCUT2D eigenvalue weighted by Crippen LogP contribution is -2.41. The fourth-order valence-corrected chi connectivity index (χ4v) is 3.12. The standard InChI is InChI=1S/C13H15BClNO2S/c1-12(2)13(3,4)18-14(17-12)8-5-6-9-10(7-8)19-11(15)16-9/h5-7H,1-4H3. The van der Waals surface area contributed by atoms with Crippen molar-refractivity contribution in [2.75, 3.05) is 0 Å². The molecule has 2 heterocycles. The zero-order chi connectivity index (χ0) is 13.8. The molecule has 0 radical (unpaired) electrons. The van der Waals surface area contributed by atoms with E-state index in [2.05, 4.69) is 32.7 Å². The van der Waals surface area contributed by atoms with Crippen molar-refractivity contribution in [3.8, 4) is 0 Å². The van der Waals surface area contributed by atoms with Crippen LogP contribution in [0.5, 0.6) is 0 Å². The maximum atomic E-state index is 6.03. The first-order chi connectivity index (χ1) is 8.78. The highest BCUT2D eigenvalue weighted by Gasteiger charge is 2.51. The van der Waals surface area contributed by atoms with Crippen LogP contribution in [0.2, 0.25) is 4.47 Å². The topological polar surface area (TPSA) is 31.4 Å². The summed E-state index contributed by atoms with van der Waals surface area (Å²) in [5.41, 5.74) is 1.28. The quantitative estimate of drug-likeness (QED) is 0.757. The van der Waals surface area contributed by atoms with Crippen LogP contribution in [0, 0.1) is 0 Å². The van der Waals surface area contributed by atoms with Gasteiger partial charge in [-0.3, -0.25) is 0 Å². The molecule has 100 valence electrons. The summed E-state index contributed by atoms with van der Waals surface area (Å²) < 4.78 is 13.7. The average molecular weight is 296 g/mol. The van der Waals surface area contributed by atoms with E-state index in [1.54, 1.807) is 0 Å². The number of hydrogen-bond acceptors (Lipinski definition) is 4. The van der Waals surface area contributed by atoms with E-state index in [1.165, 1.54) is 11.3 Å². The molecule has 2 aromatic rings. The van der Waals surface area contributed by atoms with Gasteiger partial charge in [-0.2, -0.15) is 0 Å². The van der Waals surface area contributed by atoms with Crippen LogP contribution in [0.4, 0.5) is 0 Å². The van der Waals surface area contributed by atoms with Gasteiger partial charge >= 0.3 is 7.12 Å². The summed E-state index contributed by atoms with van der Waals surface area (Å²) in [7, 11) is -0.338. The minimum atomic E-state index is -0.338. The Morgan fingerprint density at radius 2 is 1.79 bits per heavy atom. The normalized spacial score (nSPS) is 21.2. The zero-order valence-electron chi connectivity index (χ0n) is 11.4. The molecule has 3 nitrogen and oxygen atoms in total. The van der Waals surface area contributed by atoms with Crippen molar-refractivity contribution in [1.82, 2.24) is 4.98 Å². The number of hydrogen-bond donors (Lipinski definition) is 0. The van der Waals surface area contributed by atoms with Crippen LogP contribution >= 0.6 is 22.9 Å². The first-order valence-corrected chi connectivity index (χ1v) is 7.40. The molecule has 0 saturated carbocycles. The van der Waals surface area contributed by atoms with E-state index >= 15 is 0 Å². The summed E-state index contributed by atoms with van der Waals surface area (Å²) in [5.74, 6) is 0. The maximum absolute atomic E-state index is 6.03. The predicted molar refractivity (Wildman–Crippen MR) is 80.3 cm³/mol. The fraction of sp³-hybridized carbons (Fsp3) is 0.462. The van der Waals surface area contributed by atoms with Crippen molar-refractivity contribution in [3.63, 3.8) is 0 Å². The van der Waals surface area contributed by atoms with Gasteiger partial charge in [0.25, 0.3) is 0 Å².